The van der Waals surface area contributed by atoms with Crippen LogP contribution < -0.4 is 4.90 Å². The number of halogens is 1. The van der Waals surface area contributed by atoms with Gasteiger partial charge in [-0.25, -0.2) is 9.97 Å². The van der Waals surface area contributed by atoms with E-state index < -0.39 is 0 Å². The minimum atomic E-state index is 0.622. The topological polar surface area (TPSA) is 29.0 Å². The summed E-state index contributed by atoms with van der Waals surface area (Å²) in [5, 5.41) is 0.624. The molecule has 1 aromatic heterocycles. The summed E-state index contributed by atoms with van der Waals surface area (Å²) >= 11 is 6.20. The van der Waals surface area contributed by atoms with Gasteiger partial charge in [0, 0.05) is 18.2 Å². The largest absolute Gasteiger partial charge is 0.353 e. The van der Waals surface area contributed by atoms with Crippen molar-refractivity contribution in [3.63, 3.8) is 0 Å². The van der Waals surface area contributed by atoms with Gasteiger partial charge in [-0.05, 0) is 25.7 Å². The summed E-state index contributed by atoms with van der Waals surface area (Å²) in [5.41, 5.74) is 1.12. The zero-order valence-electron chi connectivity index (χ0n) is 10.6. The van der Waals surface area contributed by atoms with Crippen LogP contribution in [0.1, 0.15) is 45.1 Å². The molecule has 0 spiro atoms. The maximum absolute atomic E-state index is 6.20. The molecule has 0 aliphatic carbocycles. The average molecular weight is 254 g/mol. The van der Waals surface area contributed by atoms with E-state index in [1.54, 1.807) is 6.33 Å². The normalized spacial score (nSPS) is 19.9. The molecule has 0 saturated carbocycles. The molecule has 2 heterocycles. The maximum Gasteiger partial charge on any atom is 0.137 e. The van der Waals surface area contributed by atoms with Crippen LogP contribution in [0.3, 0.4) is 0 Å². The van der Waals surface area contributed by atoms with Gasteiger partial charge in [0.1, 0.15) is 17.3 Å². The summed E-state index contributed by atoms with van der Waals surface area (Å²) in [6, 6.07) is 0.622. The third kappa shape index (κ3) is 2.54. The minimum Gasteiger partial charge on any atom is -0.353 e. The van der Waals surface area contributed by atoms with Crippen LogP contribution in [0, 0.1) is 0 Å². The van der Waals surface area contributed by atoms with Gasteiger partial charge in [-0.3, -0.25) is 0 Å². The molecule has 1 aliphatic rings. The van der Waals surface area contributed by atoms with E-state index in [0.29, 0.717) is 11.2 Å². The molecule has 17 heavy (non-hydrogen) atoms. The van der Waals surface area contributed by atoms with Gasteiger partial charge in [0.15, 0.2) is 0 Å². The lowest BCUT2D eigenvalue weighted by Crippen LogP contribution is -2.30. The number of aromatic nitrogens is 2. The highest BCUT2D eigenvalue weighted by Gasteiger charge is 2.26. The number of nitrogens with zero attached hydrogens (tertiary/aromatic N) is 3. The van der Waals surface area contributed by atoms with Crippen LogP contribution >= 0.6 is 11.6 Å². The molecule has 94 valence electrons. The molecule has 2 rings (SSSR count). The van der Waals surface area contributed by atoms with Crippen LogP contribution in [0.2, 0.25) is 5.15 Å². The molecule has 3 nitrogen and oxygen atoms in total. The molecular weight excluding hydrogens is 234 g/mol. The van der Waals surface area contributed by atoms with Crippen molar-refractivity contribution in [1.29, 1.82) is 0 Å². The SMILES string of the molecule is CCCc1c(Cl)ncnc1N1CCCC1CC. The fraction of sp³-hybridized carbons (Fsp3) is 0.692. The Labute approximate surface area is 108 Å². The summed E-state index contributed by atoms with van der Waals surface area (Å²) < 4.78 is 0. The van der Waals surface area contributed by atoms with E-state index in [4.69, 9.17) is 11.6 Å². The van der Waals surface area contributed by atoms with E-state index in [0.717, 1.165) is 30.8 Å². The van der Waals surface area contributed by atoms with Crippen molar-refractivity contribution in [2.45, 2.75) is 52.0 Å². The quantitative estimate of drug-likeness (QED) is 0.770. The Hall–Kier alpha value is -0.830. The Balaban J connectivity index is 2.33. The molecule has 0 bridgehead atoms. The Bertz CT molecular complexity index is 381. The van der Waals surface area contributed by atoms with Gasteiger partial charge in [-0.2, -0.15) is 0 Å². The lowest BCUT2D eigenvalue weighted by atomic mass is 10.1. The van der Waals surface area contributed by atoms with Crippen molar-refractivity contribution in [1.82, 2.24) is 9.97 Å². The van der Waals surface area contributed by atoms with Gasteiger partial charge in [0.05, 0.1) is 0 Å². The molecule has 1 unspecified atom stereocenters. The molecular formula is C13H20ClN3. The van der Waals surface area contributed by atoms with E-state index in [2.05, 4.69) is 28.7 Å². The Morgan fingerprint density at radius 3 is 2.94 bits per heavy atom. The van der Waals surface area contributed by atoms with Gasteiger partial charge >= 0.3 is 0 Å². The maximum atomic E-state index is 6.20. The molecule has 0 radical (unpaired) electrons. The van der Waals surface area contributed by atoms with Crippen molar-refractivity contribution in [3.8, 4) is 0 Å². The first kappa shape index (κ1) is 12.6. The van der Waals surface area contributed by atoms with Crippen molar-refractivity contribution < 1.29 is 0 Å². The summed E-state index contributed by atoms with van der Waals surface area (Å²) in [7, 11) is 0. The smallest absolute Gasteiger partial charge is 0.137 e. The lowest BCUT2D eigenvalue weighted by molar-refractivity contribution is 0.636. The van der Waals surface area contributed by atoms with E-state index in [1.807, 2.05) is 0 Å². The van der Waals surface area contributed by atoms with E-state index in [9.17, 15) is 0 Å². The lowest BCUT2D eigenvalue weighted by Gasteiger charge is -2.26. The van der Waals surface area contributed by atoms with Crippen molar-refractivity contribution in [2.24, 2.45) is 0 Å². The minimum absolute atomic E-state index is 0.622. The second-order valence-electron chi connectivity index (χ2n) is 4.61. The number of hydrogen-bond donors (Lipinski definition) is 0. The van der Waals surface area contributed by atoms with E-state index in [1.165, 1.54) is 19.3 Å². The van der Waals surface area contributed by atoms with Crippen molar-refractivity contribution in [3.05, 3.63) is 17.0 Å². The highest BCUT2D eigenvalue weighted by Crippen LogP contribution is 2.31. The fourth-order valence-corrected chi connectivity index (χ4v) is 2.86. The van der Waals surface area contributed by atoms with E-state index >= 15 is 0 Å². The molecule has 1 fully saturated rings. The van der Waals surface area contributed by atoms with Gasteiger partial charge in [-0.15, -0.1) is 0 Å². The Kier molecular flexibility index (Phi) is 4.21. The predicted octanol–water partition coefficient (Wildman–Crippen LogP) is 3.46. The van der Waals surface area contributed by atoms with Gasteiger partial charge in [0.25, 0.3) is 0 Å². The molecule has 4 heteroatoms. The summed E-state index contributed by atoms with van der Waals surface area (Å²) in [6.45, 7) is 5.50. The van der Waals surface area contributed by atoms with Crippen LogP contribution in [0.4, 0.5) is 5.82 Å². The monoisotopic (exact) mass is 253 g/mol. The fourth-order valence-electron chi connectivity index (χ4n) is 2.63. The second-order valence-corrected chi connectivity index (χ2v) is 4.97. The standard InChI is InChI=1S/C13H20ClN3/c1-3-6-11-12(14)15-9-16-13(11)17-8-5-7-10(17)4-2/h9-10H,3-8H2,1-2H3. The van der Waals surface area contributed by atoms with Crippen LogP contribution in [0.25, 0.3) is 0 Å². The highest BCUT2D eigenvalue weighted by molar-refractivity contribution is 6.30. The van der Waals surface area contributed by atoms with Crippen LogP contribution in [0.5, 0.6) is 0 Å². The first-order valence-electron chi connectivity index (χ1n) is 6.53. The van der Waals surface area contributed by atoms with Crippen molar-refractivity contribution in [2.75, 3.05) is 11.4 Å². The van der Waals surface area contributed by atoms with Crippen LogP contribution in [0.15, 0.2) is 6.33 Å². The summed E-state index contributed by atoms with van der Waals surface area (Å²) in [6.07, 6.45) is 7.32. The van der Waals surface area contributed by atoms with E-state index in [-0.39, 0.29) is 0 Å². The average Bonchev–Trinajstić information content (AvgIpc) is 2.80. The molecule has 0 N–H and O–H groups in total. The van der Waals surface area contributed by atoms with Crippen LogP contribution in [-0.2, 0) is 6.42 Å². The molecule has 1 aliphatic heterocycles. The Morgan fingerprint density at radius 2 is 2.24 bits per heavy atom. The van der Waals surface area contributed by atoms with Gasteiger partial charge in [0.2, 0.25) is 0 Å². The Morgan fingerprint density at radius 1 is 1.41 bits per heavy atom. The zero-order chi connectivity index (χ0) is 12.3. The number of anilines is 1. The second kappa shape index (κ2) is 5.67. The number of hydrogen-bond acceptors (Lipinski definition) is 3. The third-order valence-electron chi connectivity index (χ3n) is 3.49. The zero-order valence-corrected chi connectivity index (χ0v) is 11.4. The van der Waals surface area contributed by atoms with Crippen LogP contribution in [-0.4, -0.2) is 22.6 Å². The third-order valence-corrected chi connectivity index (χ3v) is 3.82. The summed E-state index contributed by atoms with van der Waals surface area (Å²) in [5.74, 6) is 1.07. The first-order chi connectivity index (χ1) is 8.27. The molecule has 1 atom stereocenters. The van der Waals surface area contributed by atoms with Gasteiger partial charge in [-0.1, -0.05) is 31.9 Å². The molecule has 0 amide bonds. The molecule has 1 saturated heterocycles. The highest BCUT2D eigenvalue weighted by atomic mass is 35.5. The first-order valence-corrected chi connectivity index (χ1v) is 6.91. The summed E-state index contributed by atoms with van der Waals surface area (Å²) in [4.78, 5) is 11.0. The number of rotatable bonds is 4. The molecule has 1 aromatic rings. The van der Waals surface area contributed by atoms with Gasteiger partial charge < -0.3 is 4.90 Å². The predicted molar refractivity (Wildman–Crippen MR) is 71.7 cm³/mol. The van der Waals surface area contributed by atoms with Crippen molar-refractivity contribution >= 4 is 17.4 Å². The molecule has 0 aromatic carbocycles.